The molecule has 1 aromatic carbocycles. The third kappa shape index (κ3) is 1.78. The first-order valence-corrected chi connectivity index (χ1v) is 4.84. The molecule has 1 N–H and O–H groups in total. The zero-order chi connectivity index (χ0) is 11.0. The molecule has 0 fully saturated rings. The van der Waals surface area contributed by atoms with Crippen LogP contribution in [0.3, 0.4) is 0 Å². The molecule has 15 heavy (non-hydrogen) atoms. The smallest absolute Gasteiger partial charge is 0.371 e. The maximum absolute atomic E-state index is 11.4. The Kier molecular flexibility index (Phi) is 2.32. The molecule has 0 bridgehead atoms. The van der Waals surface area contributed by atoms with E-state index in [1.54, 1.807) is 18.2 Å². The lowest BCUT2D eigenvalue weighted by molar-refractivity contribution is 0.0658. The SMILES string of the molecule is O=C(O)c1cc2ccc(Br)cc2c(=O)o1. The highest BCUT2D eigenvalue weighted by Crippen LogP contribution is 2.17. The van der Waals surface area contributed by atoms with Gasteiger partial charge in [0.25, 0.3) is 0 Å². The Labute approximate surface area is 92.3 Å². The standard InChI is InChI=1S/C10H5BrO4/c11-6-2-1-5-3-8(9(12)13)15-10(14)7(5)4-6/h1-4H,(H,12,13). The average Bonchev–Trinajstić information content (AvgIpc) is 2.18. The highest BCUT2D eigenvalue weighted by Gasteiger charge is 2.10. The number of rotatable bonds is 1. The van der Waals surface area contributed by atoms with E-state index in [9.17, 15) is 9.59 Å². The largest absolute Gasteiger partial charge is 0.475 e. The average molecular weight is 269 g/mol. The molecule has 0 aliphatic heterocycles. The van der Waals surface area contributed by atoms with E-state index in [2.05, 4.69) is 20.3 Å². The second-order valence-corrected chi connectivity index (χ2v) is 3.85. The first kappa shape index (κ1) is 9.92. The quantitative estimate of drug-likeness (QED) is 0.862. The summed E-state index contributed by atoms with van der Waals surface area (Å²) in [5.74, 6) is -1.60. The van der Waals surface area contributed by atoms with Gasteiger partial charge in [-0.3, -0.25) is 0 Å². The minimum absolute atomic E-state index is 0.352. The molecule has 0 aliphatic carbocycles. The molecule has 0 aliphatic rings. The van der Waals surface area contributed by atoms with Gasteiger partial charge in [-0.25, -0.2) is 9.59 Å². The van der Waals surface area contributed by atoms with Gasteiger partial charge in [0.1, 0.15) is 0 Å². The monoisotopic (exact) mass is 268 g/mol. The minimum atomic E-state index is -1.25. The van der Waals surface area contributed by atoms with E-state index >= 15 is 0 Å². The summed E-state index contributed by atoms with van der Waals surface area (Å²) in [4.78, 5) is 22.0. The van der Waals surface area contributed by atoms with Crippen molar-refractivity contribution in [1.29, 1.82) is 0 Å². The van der Waals surface area contributed by atoms with Gasteiger partial charge in [-0.2, -0.15) is 0 Å². The number of benzene rings is 1. The van der Waals surface area contributed by atoms with E-state index in [-0.39, 0.29) is 5.76 Å². The van der Waals surface area contributed by atoms with Crippen LogP contribution in [0.2, 0.25) is 0 Å². The minimum Gasteiger partial charge on any atom is -0.475 e. The fourth-order valence-electron chi connectivity index (χ4n) is 1.26. The number of hydrogen-bond donors (Lipinski definition) is 1. The van der Waals surface area contributed by atoms with Gasteiger partial charge >= 0.3 is 11.6 Å². The molecule has 0 unspecified atom stereocenters. The van der Waals surface area contributed by atoms with E-state index in [1.165, 1.54) is 6.07 Å². The highest BCUT2D eigenvalue weighted by atomic mass is 79.9. The number of hydrogen-bond acceptors (Lipinski definition) is 3. The van der Waals surface area contributed by atoms with Gasteiger partial charge in [0.2, 0.25) is 5.76 Å². The third-order valence-corrected chi connectivity index (χ3v) is 2.43. The second-order valence-electron chi connectivity index (χ2n) is 2.93. The fraction of sp³-hybridized carbons (Fsp3) is 0. The molecule has 1 aromatic heterocycles. The number of aromatic carboxylic acids is 1. The molecule has 0 radical (unpaired) electrons. The van der Waals surface area contributed by atoms with Crippen molar-refractivity contribution in [3.8, 4) is 0 Å². The van der Waals surface area contributed by atoms with Gasteiger partial charge in [0.05, 0.1) is 5.39 Å². The van der Waals surface area contributed by atoms with Gasteiger partial charge in [-0.1, -0.05) is 22.0 Å². The van der Waals surface area contributed by atoms with Crippen molar-refractivity contribution in [2.75, 3.05) is 0 Å². The summed E-state index contributed by atoms with van der Waals surface area (Å²) in [5.41, 5.74) is -0.647. The van der Waals surface area contributed by atoms with Crippen LogP contribution in [0.1, 0.15) is 10.6 Å². The summed E-state index contributed by atoms with van der Waals surface area (Å²) in [7, 11) is 0. The van der Waals surface area contributed by atoms with Crippen LogP contribution in [-0.2, 0) is 0 Å². The van der Waals surface area contributed by atoms with Crippen LogP contribution >= 0.6 is 15.9 Å². The van der Waals surface area contributed by atoms with Crippen LogP contribution in [0.4, 0.5) is 0 Å². The summed E-state index contributed by atoms with van der Waals surface area (Å²) in [6, 6.07) is 6.30. The zero-order valence-electron chi connectivity index (χ0n) is 7.36. The van der Waals surface area contributed by atoms with Crippen molar-refractivity contribution in [1.82, 2.24) is 0 Å². The Bertz CT molecular complexity index is 600. The van der Waals surface area contributed by atoms with Crippen molar-refractivity contribution < 1.29 is 14.3 Å². The van der Waals surface area contributed by atoms with E-state index in [4.69, 9.17) is 5.11 Å². The molecule has 1 heterocycles. The Morgan fingerprint density at radius 2 is 2.07 bits per heavy atom. The Balaban J connectivity index is 2.84. The van der Waals surface area contributed by atoms with Crippen molar-refractivity contribution >= 4 is 32.7 Å². The van der Waals surface area contributed by atoms with Gasteiger partial charge in [-0.15, -0.1) is 0 Å². The summed E-state index contributed by atoms with van der Waals surface area (Å²) >= 11 is 3.22. The maximum Gasteiger partial charge on any atom is 0.371 e. The number of fused-ring (bicyclic) bond motifs is 1. The van der Waals surface area contributed by atoms with Crippen LogP contribution < -0.4 is 5.63 Å². The highest BCUT2D eigenvalue weighted by molar-refractivity contribution is 9.10. The topological polar surface area (TPSA) is 67.5 Å². The lowest BCUT2D eigenvalue weighted by Crippen LogP contribution is -2.06. The van der Waals surface area contributed by atoms with Crippen LogP contribution in [0.15, 0.2) is 37.9 Å². The molecule has 2 rings (SSSR count). The van der Waals surface area contributed by atoms with Crippen molar-refractivity contribution in [3.05, 3.63) is 44.9 Å². The lowest BCUT2D eigenvalue weighted by Gasteiger charge is -1.98. The Morgan fingerprint density at radius 1 is 1.33 bits per heavy atom. The summed E-state index contributed by atoms with van der Waals surface area (Å²) in [6.45, 7) is 0. The van der Waals surface area contributed by atoms with Gasteiger partial charge < -0.3 is 9.52 Å². The lowest BCUT2D eigenvalue weighted by atomic mass is 10.2. The molecule has 0 saturated carbocycles. The van der Waals surface area contributed by atoms with Crippen LogP contribution in [0, 0.1) is 0 Å². The van der Waals surface area contributed by atoms with E-state index in [1.807, 2.05) is 0 Å². The van der Waals surface area contributed by atoms with Crippen LogP contribution in [0.25, 0.3) is 10.8 Å². The van der Waals surface area contributed by atoms with Crippen LogP contribution in [-0.4, -0.2) is 11.1 Å². The fourth-order valence-corrected chi connectivity index (χ4v) is 1.62. The van der Waals surface area contributed by atoms with E-state index < -0.39 is 11.6 Å². The first-order valence-electron chi connectivity index (χ1n) is 4.04. The second kappa shape index (κ2) is 3.51. The molecule has 76 valence electrons. The molecular weight excluding hydrogens is 264 g/mol. The van der Waals surface area contributed by atoms with E-state index in [0.29, 0.717) is 10.8 Å². The van der Waals surface area contributed by atoms with Crippen molar-refractivity contribution in [2.45, 2.75) is 0 Å². The first-order chi connectivity index (χ1) is 7.08. The molecule has 4 nitrogen and oxygen atoms in total. The zero-order valence-corrected chi connectivity index (χ0v) is 8.95. The summed E-state index contributed by atoms with van der Waals surface area (Å²) < 4.78 is 5.37. The number of carbonyl (C=O) groups is 1. The van der Waals surface area contributed by atoms with E-state index in [0.717, 1.165) is 4.47 Å². The van der Waals surface area contributed by atoms with Gasteiger partial charge in [-0.05, 0) is 23.6 Å². The number of carboxylic acids is 1. The normalized spacial score (nSPS) is 10.5. The molecule has 0 spiro atoms. The number of carboxylic acid groups (broad SMARTS) is 1. The molecule has 2 aromatic rings. The summed E-state index contributed by atoms with van der Waals surface area (Å²) in [5, 5.41) is 9.59. The summed E-state index contributed by atoms with van der Waals surface area (Å²) in [6.07, 6.45) is 0. The molecule has 0 amide bonds. The van der Waals surface area contributed by atoms with Crippen LogP contribution in [0.5, 0.6) is 0 Å². The molecule has 5 heteroatoms. The van der Waals surface area contributed by atoms with Crippen molar-refractivity contribution in [3.63, 3.8) is 0 Å². The number of halogens is 1. The van der Waals surface area contributed by atoms with Crippen molar-refractivity contribution in [2.24, 2.45) is 0 Å². The maximum atomic E-state index is 11.4. The molecule has 0 saturated heterocycles. The Morgan fingerprint density at radius 3 is 2.73 bits per heavy atom. The predicted octanol–water partition coefficient (Wildman–Crippen LogP) is 2.25. The van der Waals surface area contributed by atoms with Gasteiger partial charge in [0, 0.05) is 4.47 Å². The predicted molar refractivity (Wildman–Crippen MR) is 57.1 cm³/mol. The third-order valence-electron chi connectivity index (χ3n) is 1.94. The van der Waals surface area contributed by atoms with Gasteiger partial charge in [0.15, 0.2) is 0 Å². The molecule has 0 atom stereocenters. The molecular formula is C10H5BrO4. The Hall–Kier alpha value is -1.62.